The maximum absolute atomic E-state index is 14.0. The number of fused-ring (bicyclic) bond motifs is 5. The van der Waals surface area contributed by atoms with Crippen molar-refractivity contribution in [2.24, 2.45) is 11.8 Å². The fourth-order valence-corrected chi connectivity index (χ4v) is 7.11. The number of aliphatic hydroxyl groups excluding tert-OH is 2. The molecule has 0 aromatic heterocycles. The van der Waals surface area contributed by atoms with Gasteiger partial charge in [0.25, 0.3) is 0 Å². The predicted molar refractivity (Wildman–Crippen MR) is 190 cm³/mol. The molecule has 13 nitrogen and oxygen atoms in total. The lowest BCUT2D eigenvalue weighted by atomic mass is 9.81. The zero-order valence-electron chi connectivity index (χ0n) is 29.8. The first-order valence-electron chi connectivity index (χ1n) is 17.0. The summed E-state index contributed by atoms with van der Waals surface area (Å²) in [5.74, 6) is -2.50. The molecule has 0 unspecified atom stereocenters. The van der Waals surface area contributed by atoms with Crippen LogP contribution in [0.4, 0.5) is 10.5 Å². The summed E-state index contributed by atoms with van der Waals surface area (Å²) in [4.78, 5) is 53.0. The number of anilines is 1. The summed E-state index contributed by atoms with van der Waals surface area (Å²) in [6, 6.07) is 9.74. The number of hydrogen-bond acceptors (Lipinski definition) is 11. The van der Waals surface area contributed by atoms with Crippen LogP contribution in [0.25, 0.3) is 0 Å². The van der Waals surface area contributed by atoms with Crippen molar-refractivity contribution in [1.29, 1.82) is 0 Å². The van der Waals surface area contributed by atoms with Gasteiger partial charge in [-0.05, 0) is 68.7 Å². The van der Waals surface area contributed by atoms with Crippen LogP contribution in [0.1, 0.15) is 62.0 Å². The Hall–Kier alpha value is -4.27. The molecule has 0 spiro atoms. The van der Waals surface area contributed by atoms with Crippen molar-refractivity contribution in [3.05, 3.63) is 81.9 Å². The van der Waals surface area contributed by atoms with Crippen molar-refractivity contribution in [3.8, 4) is 5.75 Å². The number of hydrogen-bond donors (Lipinski definition) is 4. The van der Waals surface area contributed by atoms with Crippen LogP contribution in [0, 0.1) is 11.8 Å². The predicted octanol–water partition coefficient (Wildman–Crippen LogP) is 4.03. The summed E-state index contributed by atoms with van der Waals surface area (Å²) in [6.07, 6.45) is 1.49. The molecule has 2 fully saturated rings. The second-order valence-electron chi connectivity index (χ2n) is 13.9. The van der Waals surface area contributed by atoms with E-state index in [1.165, 1.54) is 18.9 Å². The highest BCUT2D eigenvalue weighted by Gasteiger charge is 2.64. The first kappa shape index (κ1) is 38.9. The highest BCUT2D eigenvalue weighted by Crippen LogP contribution is 2.49. The number of nitrogens with zero attached hydrogens (tertiary/aromatic N) is 1. The lowest BCUT2D eigenvalue weighted by molar-refractivity contribution is -0.156. The van der Waals surface area contributed by atoms with Crippen molar-refractivity contribution < 1.29 is 53.4 Å². The molecule has 4 N–H and O–H groups in total. The average Bonchev–Trinajstić information content (AvgIpc) is 3.80. The SMILES string of the molecule is CC(=O)c1ccc(OCC(=O)O[C@H]2CC(=O)N(C)c3cc(cc(CO)c3Cl)C/C(C)=C/C=C/[C@@H](CO)[C@@]3(O)C[C@H](OC(=O)N3)[C@@H](C)[C@@H]3O[C@@]23C)cc1. The normalized spacial score (nSPS) is 30.9. The van der Waals surface area contributed by atoms with Crippen molar-refractivity contribution >= 4 is 41.0 Å². The molecular weight excluding hydrogens is 696 g/mol. The Morgan fingerprint density at radius 1 is 1.15 bits per heavy atom. The Morgan fingerprint density at radius 2 is 1.87 bits per heavy atom. The zero-order valence-corrected chi connectivity index (χ0v) is 30.5. The van der Waals surface area contributed by atoms with Gasteiger partial charge in [-0.2, -0.15) is 0 Å². The summed E-state index contributed by atoms with van der Waals surface area (Å²) < 4.78 is 23.3. The fraction of sp³-hybridized carbons (Fsp3) is 0.474. The first-order valence-corrected chi connectivity index (χ1v) is 17.4. The van der Waals surface area contributed by atoms with Gasteiger partial charge in [0.15, 0.2) is 18.1 Å². The quantitative estimate of drug-likeness (QED) is 0.183. The molecule has 2 aromatic rings. The molecule has 2 saturated heterocycles. The van der Waals surface area contributed by atoms with Gasteiger partial charge in [0.05, 0.1) is 36.4 Å². The molecular formula is C38H45ClN2O11. The second-order valence-corrected chi connectivity index (χ2v) is 14.3. The number of benzene rings is 2. The van der Waals surface area contributed by atoms with E-state index in [1.807, 2.05) is 6.92 Å². The Balaban J connectivity index is 1.49. The van der Waals surface area contributed by atoms with E-state index in [0.717, 1.165) is 11.1 Å². The van der Waals surface area contributed by atoms with Crippen molar-refractivity contribution in [1.82, 2.24) is 5.32 Å². The largest absolute Gasteiger partial charge is 0.482 e. The molecule has 0 aliphatic carbocycles. The molecule has 3 aliphatic rings. The Bertz CT molecular complexity index is 1760. The number of halogens is 1. The number of alkyl carbamates (subject to hydrolysis) is 1. The number of ether oxygens (including phenoxy) is 4. The minimum atomic E-state index is -1.86. The topological polar surface area (TPSA) is 184 Å². The molecule has 5 rings (SSSR count). The number of carbonyl (C=O) groups is 4. The van der Waals surface area contributed by atoms with Gasteiger partial charge in [0.1, 0.15) is 23.6 Å². The van der Waals surface area contributed by atoms with Gasteiger partial charge < -0.3 is 39.2 Å². The smallest absolute Gasteiger partial charge is 0.409 e. The number of Topliss-reactive ketones (excluding diaryl/α,β-unsaturated/α-hetero) is 1. The minimum Gasteiger partial charge on any atom is -0.482 e. The molecule has 2 amide bonds. The summed E-state index contributed by atoms with van der Waals surface area (Å²) >= 11 is 6.69. The van der Waals surface area contributed by atoms with Gasteiger partial charge in [-0.15, -0.1) is 0 Å². The van der Waals surface area contributed by atoms with E-state index in [1.54, 1.807) is 68.5 Å². The standard InChI is InChI=1S/C38H45ClN2O11/c1-21-7-6-8-27(19-43)38(48)17-30(50-36(47)40-38)22(2)35-37(4,52-35)31(51-33(46)20-49-28-11-9-25(10-12-28)23(3)44)16-32(45)41(5)29-15-24(13-21)14-26(18-42)34(29)39/h6-12,14-15,22,27,30-31,35,42-43,48H,13,16-20H2,1-5H3,(H,40,47)/b8-6+,21-7+/t22-,27+,30+,31+,35+,37+,38+/m1/s1. The van der Waals surface area contributed by atoms with Crippen LogP contribution >= 0.6 is 11.6 Å². The van der Waals surface area contributed by atoms with E-state index in [-0.39, 0.29) is 30.3 Å². The van der Waals surface area contributed by atoms with Gasteiger partial charge in [0.2, 0.25) is 5.91 Å². The third-order valence-corrected chi connectivity index (χ3v) is 10.5. The van der Waals surface area contributed by atoms with E-state index in [0.29, 0.717) is 29.0 Å². The van der Waals surface area contributed by atoms with E-state index in [4.69, 9.17) is 30.5 Å². The molecule has 14 heteroatoms. The van der Waals surface area contributed by atoms with Crippen LogP contribution in [-0.2, 0) is 36.8 Å². The molecule has 3 aliphatic heterocycles. The number of carbonyl (C=O) groups excluding carboxylic acids is 4. The van der Waals surface area contributed by atoms with E-state index in [9.17, 15) is 34.5 Å². The van der Waals surface area contributed by atoms with E-state index in [2.05, 4.69) is 5.32 Å². The van der Waals surface area contributed by atoms with Gasteiger partial charge >= 0.3 is 12.1 Å². The summed E-state index contributed by atoms with van der Waals surface area (Å²) in [5.41, 5.74) is -0.222. The molecule has 3 heterocycles. The van der Waals surface area contributed by atoms with Gasteiger partial charge in [-0.1, -0.05) is 48.4 Å². The molecule has 0 saturated carbocycles. The fourth-order valence-electron chi connectivity index (χ4n) is 6.81. The number of esters is 1. The van der Waals surface area contributed by atoms with Crippen LogP contribution in [-0.4, -0.2) is 89.0 Å². The molecule has 4 bridgehead atoms. The van der Waals surface area contributed by atoms with Gasteiger partial charge in [-0.3, -0.25) is 14.9 Å². The highest BCUT2D eigenvalue weighted by molar-refractivity contribution is 6.34. The molecule has 7 atom stereocenters. The Labute approximate surface area is 307 Å². The number of amides is 2. The second kappa shape index (κ2) is 15.8. The summed E-state index contributed by atoms with van der Waals surface area (Å²) in [7, 11) is 1.54. The van der Waals surface area contributed by atoms with Crippen molar-refractivity contribution in [3.63, 3.8) is 0 Å². The maximum atomic E-state index is 14.0. The lowest BCUT2D eigenvalue weighted by Crippen LogP contribution is -2.62. The van der Waals surface area contributed by atoms with Crippen LogP contribution in [0.2, 0.25) is 5.02 Å². The third-order valence-electron chi connectivity index (χ3n) is 10.0. The monoisotopic (exact) mass is 740 g/mol. The number of nitrogens with one attached hydrogen (secondary N) is 1. The minimum absolute atomic E-state index is 0.0925. The zero-order chi connectivity index (χ0) is 38.0. The highest BCUT2D eigenvalue weighted by atomic mass is 35.5. The van der Waals surface area contributed by atoms with Crippen LogP contribution in [0.5, 0.6) is 5.75 Å². The number of epoxide rings is 1. The van der Waals surface area contributed by atoms with Crippen molar-refractivity contribution in [2.45, 2.75) is 83.2 Å². The summed E-state index contributed by atoms with van der Waals surface area (Å²) in [6.45, 7) is 5.40. The Morgan fingerprint density at radius 3 is 2.52 bits per heavy atom. The number of rotatable bonds is 7. The number of allylic oxidation sites excluding steroid dienone is 3. The van der Waals surface area contributed by atoms with Crippen LogP contribution < -0.4 is 15.0 Å². The first-order chi connectivity index (χ1) is 24.6. The summed E-state index contributed by atoms with van der Waals surface area (Å²) in [5, 5.41) is 34.7. The van der Waals surface area contributed by atoms with E-state index >= 15 is 0 Å². The Kier molecular flexibility index (Phi) is 11.8. The lowest BCUT2D eigenvalue weighted by Gasteiger charge is -2.42. The number of ketones is 1. The van der Waals surface area contributed by atoms with Crippen molar-refractivity contribution in [2.75, 3.05) is 25.2 Å². The van der Waals surface area contributed by atoms with E-state index < -0.39 is 72.7 Å². The van der Waals surface area contributed by atoms with Gasteiger partial charge in [-0.25, -0.2) is 9.59 Å². The van der Waals surface area contributed by atoms with Gasteiger partial charge in [0, 0.05) is 30.9 Å². The van der Waals surface area contributed by atoms with Crippen LogP contribution in [0.3, 0.4) is 0 Å². The third kappa shape index (κ3) is 8.50. The maximum Gasteiger partial charge on any atom is 0.409 e. The molecule has 52 heavy (non-hydrogen) atoms. The molecule has 2 aromatic carbocycles. The molecule has 280 valence electrons. The average molecular weight is 741 g/mol. The van der Waals surface area contributed by atoms with Crippen LogP contribution in [0.15, 0.2) is 60.2 Å². The molecule has 0 radical (unpaired) electrons. The number of aliphatic hydroxyl groups is 3.